The summed E-state index contributed by atoms with van der Waals surface area (Å²) < 4.78 is 11.8. The van der Waals surface area contributed by atoms with Crippen LogP contribution in [0.25, 0.3) is 0 Å². The number of rotatable bonds is 5. The fourth-order valence-electron chi connectivity index (χ4n) is 2.24. The molecule has 1 aromatic carbocycles. The summed E-state index contributed by atoms with van der Waals surface area (Å²) in [6, 6.07) is 8.06. The van der Waals surface area contributed by atoms with Crippen molar-refractivity contribution in [2.75, 3.05) is 19.7 Å². The van der Waals surface area contributed by atoms with E-state index in [1.807, 2.05) is 24.3 Å². The largest absolute Gasteiger partial charge is 0.493 e. The molecule has 0 unspecified atom stereocenters. The molecule has 0 spiro atoms. The Kier molecular flexibility index (Phi) is 5.34. The predicted octanol–water partition coefficient (Wildman–Crippen LogP) is 3.03. The van der Waals surface area contributed by atoms with Crippen LogP contribution in [0.2, 0.25) is 0 Å². The van der Waals surface area contributed by atoms with Gasteiger partial charge in [-0.25, -0.2) is 0 Å². The number of ether oxygens (including phenoxy) is 2. The first-order valence-corrected chi connectivity index (χ1v) is 7.00. The molecular weight excluding hydrogens is 262 g/mol. The Bertz CT molecular complexity index is 389. The number of hydrogen-bond donors (Lipinski definition) is 1. The molecule has 0 bridgehead atoms. The third-order valence-electron chi connectivity index (χ3n) is 3.58. The second kappa shape index (κ2) is 7.01. The van der Waals surface area contributed by atoms with E-state index in [1.54, 1.807) is 0 Å². The van der Waals surface area contributed by atoms with Crippen molar-refractivity contribution < 1.29 is 9.47 Å². The van der Waals surface area contributed by atoms with Gasteiger partial charge in [-0.2, -0.15) is 0 Å². The third-order valence-corrected chi connectivity index (χ3v) is 3.58. The van der Waals surface area contributed by atoms with E-state index in [2.05, 4.69) is 5.32 Å². The van der Waals surface area contributed by atoms with Crippen LogP contribution in [0.1, 0.15) is 25.7 Å². The monoisotopic (exact) mass is 283 g/mol. The molecule has 19 heavy (non-hydrogen) atoms. The highest BCUT2D eigenvalue weighted by molar-refractivity contribution is 5.85. The highest BCUT2D eigenvalue weighted by Crippen LogP contribution is 2.30. The van der Waals surface area contributed by atoms with E-state index in [-0.39, 0.29) is 12.4 Å². The maximum atomic E-state index is 6.00. The van der Waals surface area contributed by atoms with Crippen LogP contribution < -0.4 is 14.8 Å². The van der Waals surface area contributed by atoms with Crippen molar-refractivity contribution in [3.63, 3.8) is 0 Å². The lowest BCUT2D eigenvalue weighted by Gasteiger charge is -2.24. The zero-order valence-electron chi connectivity index (χ0n) is 11.1. The van der Waals surface area contributed by atoms with E-state index in [1.165, 1.54) is 12.8 Å². The van der Waals surface area contributed by atoms with Crippen LogP contribution in [0.5, 0.6) is 11.5 Å². The molecule has 3 nitrogen and oxygen atoms in total. The summed E-state index contributed by atoms with van der Waals surface area (Å²) in [5.41, 5.74) is 0. The minimum Gasteiger partial charge on any atom is -0.493 e. The van der Waals surface area contributed by atoms with Gasteiger partial charge in [-0.1, -0.05) is 6.07 Å². The van der Waals surface area contributed by atoms with Crippen LogP contribution in [0.15, 0.2) is 24.3 Å². The number of nitrogens with one attached hydrogen (secondary N) is 1. The minimum atomic E-state index is 0. The van der Waals surface area contributed by atoms with Crippen LogP contribution in [-0.2, 0) is 0 Å². The van der Waals surface area contributed by atoms with Gasteiger partial charge >= 0.3 is 0 Å². The van der Waals surface area contributed by atoms with Gasteiger partial charge in [-0.15, -0.1) is 12.4 Å². The summed E-state index contributed by atoms with van der Waals surface area (Å²) in [4.78, 5) is 0. The molecular formula is C15H22ClNO2. The summed E-state index contributed by atoms with van der Waals surface area (Å²) in [7, 11) is 0. The van der Waals surface area contributed by atoms with Crippen molar-refractivity contribution in [3.05, 3.63) is 24.3 Å². The van der Waals surface area contributed by atoms with Gasteiger partial charge < -0.3 is 14.8 Å². The molecule has 4 heteroatoms. The van der Waals surface area contributed by atoms with Crippen LogP contribution in [0.3, 0.4) is 0 Å². The lowest BCUT2D eigenvalue weighted by atomic mass is 10.1. The average Bonchev–Trinajstić information content (AvgIpc) is 3.22. The number of hydrogen-bond acceptors (Lipinski definition) is 3. The summed E-state index contributed by atoms with van der Waals surface area (Å²) >= 11 is 0. The van der Waals surface area contributed by atoms with E-state index in [0.29, 0.717) is 6.10 Å². The fourth-order valence-corrected chi connectivity index (χ4v) is 2.24. The lowest BCUT2D eigenvalue weighted by Crippen LogP contribution is -2.34. The first-order valence-electron chi connectivity index (χ1n) is 7.00. The van der Waals surface area contributed by atoms with Crippen molar-refractivity contribution >= 4 is 12.4 Å². The standard InChI is InChI=1S/C15H21NO2.ClH/c1-2-14(17-11-12-4-5-12)10-15(3-1)18-13-6-8-16-9-7-13;/h1-3,10,12-13,16H,4-9,11H2;1H. The van der Waals surface area contributed by atoms with E-state index in [0.717, 1.165) is 50.0 Å². The Labute approximate surface area is 121 Å². The fraction of sp³-hybridized carbons (Fsp3) is 0.600. The predicted molar refractivity (Wildman–Crippen MR) is 78.4 cm³/mol. The molecule has 2 fully saturated rings. The van der Waals surface area contributed by atoms with E-state index in [9.17, 15) is 0 Å². The Balaban J connectivity index is 0.00000133. The SMILES string of the molecule is Cl.c1cc(OCC2CC2)cc(OC2CCNCC2)c1. The first-order chi connectivity index (χ1) is 8.90. The summed E-state index contributed by atoms with van der Waals surface area (Å²) in [5, 5.41) is 3.35. The van der Waals surface area contributed by atoms with Crippen LogP contribution in [0.4, 0.5) is 0 Å². The number of halogens is 1. The van der Waals surface area contributed by atoms with Gasteiger partial charge in [0.05, 0.1) is 6.61 Å². The third kappa shape index (κ3) is 4.59. The molecule has 106 valence electrons. The lowest BCUT2D eigenvalue weighted by molar-refractivity contribution is 0.161. The topological polar surface area (TPSA) is 30.5 Å². The second-order valence-corrected chi connectivity index (χ2v) is 5.30. The van der Waals surface area contributed by atoms with Gasteiger partial charge in [0.1, 0.15) is 17.6 Å². The van der Waals surface area contributed by atoms with Gasteiger partial charge in [0.25, 0.3) is 0 Å². The summed E-state index contributed by atoms with van der Waals surface area (Å²) in [6.45, 7) is 2.97. The summed E-state index contributed by atoms with van der Waals surface area (Å²) in [5.74, 6) is 2.67. The Morgan fingerprint density at radius 3 is 2.53 bits per heavy atom. The molecule has 1 aliphatic heterocycles. The zero-order valence-corrected chi connectivity index (χ0v) is 12.0. The number of benzene rings is 1. The Morgan fingerprint density at radius 2 is 1.79 bits per heavy atom. The van der Waals surface area contributed by atoms with Crippen molar-refractivity contribution in [2.45, 2.75) is 31.8 Å². The van der Waals surface area contributed by atoms with Crippen LogP contribution in [-0.4, -0.2) is 25.8 Å². The molecule has 1 saturated heterocycles. The molecule has 0 amide bonds. The second-order valence-electron chi connectivity index (χ2n) is 5.30. The van der Waals surface area contributed by atoms with Crippen molar-refractivity contribution in [1.82, 2.24) is 5.32 Å². The van der Waals surface area contributed by atoms with Gasteiger partial charge in [0.15, 0.2) is 0 Å². The minimum absolute atomic E-state index is 0. The molecule has 1 aliphatic carbocycles. The van der Waals surface area contributed by atoms with Gasteiger partial charge in [0.2, 0.25) is 0 Å². The van der Waals surface area contributed by atoms with Crippen molar-refractivity contribution in [2.24, 2.45) is 5.92 Å². The Morgan fingerprint density at radius 1 is 1.05 bits per heavy atom. The highest BCUT2D eigenvalue weighted by atomic mass is 35.5. The Hall–Kier alpha value is -0.930. The quantitative estimate of drug-likeness (QED) is 0.901. The van der Waals surface area contributed by atoms with E-state index in [4.69, 9.17) is 9.47 Å². The zero-order chi connectivity index (χ0) is 12.2. The molecule has 1 saturated carbocycles. The smallest absolute Gasteiger partial charge is 0.123 e. The van der Waals surface area contributed by atoms with E-state index >= 15 is 0 Å². The van der Waals surface area contributed by atoms with E-state index < -0.39 is 0 Å². The normalized spacial score (nSPS) is 19.6. The van der Waals surface area contributed by atoms with Gasteiger partial charge in [-0.05, 0) is 56.8 Å². The molecule has 0 atom stereocenters. The van der Waals surface area contributed by atoms with Gasteiger partial charge in [-0.3, -0.25) is 0 Å². The molecule has 1 heterocycles. The molecule has 0 radical (unpaired) electrons. The molecule has 0 aromatic heterocycles. The molecule has 1 aromatic rings. The van der Waals surface area contributed by atoms with Crippen molar-refractivity contribution in [3.8, 4) is 11.5 Å². The molecule has 3 rings (SSSR count). The van der Waals surface area contributed by atoms with Crippen LogP contribution in [0, 0.1) is 5.92 Å². The van der Waals surface area contributed by atoms with Crippen molar-refractivity contribution in [1.29, 1.82) is 0 Å². The molecule has 1 N–H and O–H groups in total. The van der Waals surface area contributed by atoms with Gasteiger partial charge in [0, 0.05) is 6.07 Å². The average molecular weight is 284 g/mol. The first kappa shape index (κ1) is 14.5. The highest BCUT2D eigenvalue weighted by Gasteiger charge is 2.22. The summed E-state index contributed by atoms with van der Waals surface area (Å²) in [6.07, 6.45) is 5.18. The maximum Gasteiger partial charge on any atom is 0.123 e. The van der Waals surface area contributed by atoms with Crippen LogP contribution >= 0.6 is 12.4 Å². The maximum absolute atomic E-state index is 6.00. The molecule has 2 aliphatic rings. The number of piperidine rings is 1.